The number of unbranched alkanes of at least 4 members (excludes halogenated alkanes) is 2. The van der Waals surface area contributed by atoms with Crippen LogP contribution in [0.25, 0.3) is 0 Å². The first kappa shape index (κ1) is 20.4. The first-order valence-corrected chi connectivity index (χ1v) is 11.5. The highest BCUT2D eigenvalue weighted by Gasteiger charge is 2.43. The molecule has 1 aromatic carbocycles. The number of hydrogen-bond acceptors (Lipinski definition) is 2. The minimum atomic E-state index is -1.77. The molecule has 0 spiro atoms. The van der Waals surface area contributed by atoms with Gasteiger partial charge in [0.05, 0.1) is 13.7 Å². The van der Waals surface area contributed by atoms with Gasteiger partial charge in [-0.15, -0.1) is 0 Å². The third-order valence-corrected chi connectivity index (χ3v) is 12.1. The molecule has 0 unspecified atom stereocenters. The van der Waals surface area contributed by atoms with Gasteiger partial charge >= 0.3 is 0 Å². The fourth-order valence-corrected chi connectivity index (χ4v) is 10.3. The average Bonchev–Trinajstić information content (AvgIpc) is 2.46. The van der Waals surface area contributed by atoms with Crippen LogP contribution in [0.3, 0.4) is 0 Å². The minimum absolute atomic E-state index is 0.290. The number of hydrogen-bond donors (Lipinski definition) is 2. The topological polar surface area (TPSA) is 40.5 Å². The summed E-state index contributed by atoms with van der Waals surface area (Å²) in [6.45, 7) is 13.5. The Hall–Kier alpha value is -0.643. The molecule has 0 heterocycles. The van der Waals surface area contributed by atoms with Crippen molar-refractivity contribution in [2.75, 3.05) is 6.61 Å². The molecule has 0 radical (unpaired) electrons. The smallest absolute Gasteiger partial charge is 0.0922 e. The molecular formula is C20H36O2Si. The summed E-state index contributed by atoms with van der Waals surface area (Å²) in [4.78, 5) is 0. The molecular weight excluding hydrogens is 300 g/mol. The standard InChI is InChI=1S/C20H36O2Si/c1-16(2)23(17(3)4,15-11-7-10-14-21)19-13-9-8-12-18(19)20(5,6)22/h8-9,12-13,16-17,21-22H,7,10-11,14-15H2,1-6H3. The molecule has 0 fully saturated rings. The van der Waals surface area contributed by atoms with Crippen molar-refractivity contribution in [2.45, 2.75) is 83.5 Å². The van der Waals surface area contributed by atoms with Gasteiger partial charge in [-0.1, -0.05) is 76.0 Å². The van der Waals surface area contributed by atoms with Crippen molar-refractivity contribution >= 4 is 13.3 Å². The van der Waals surface area contributed by atoms with E-state index in [1.165, 1.54) is 17.7 Å². The largest absolute Gasteiger partial charge is 0.396 e. The highest BCUT2D eigenvalue weighted by molar-refractivity contribution is 6.94. The summed E-state index contributed by atoms with van der Waals surface area (Å²) < 4.78 is 0. The van der Waals surface area contributed by atoms with Crippen molar-refractivity contribution in [3.05, 3.63) is 29.8 Å². The molecule has 2 nitrogen and oxygen atoms in total. The Labute approximate surface area is 144 Å². The van der Waals surface area contributed by atoms with E-state index in [1.54, 1.807) is 0 Å². The Morgan fingerprint density at radius 3 is 2.00 bits per heavy atom. The molecule has 0 aliphatic rings. The minimum Gasteiger partial charge on any atom is -0.396 e. The van der Waals surface area contributed by atoms with Crippen LogP contribution in [0.5, 0.6) is 0 Å². The molecule has 132 valence electrons. The van der Waals surface area contributed by atoms with Crippen LogP contribution in [0.4, 0.5) is 0 Å². The molecule has 0 atom stereocenters. The molecule has 0 saturated carbocycles. The molecule has 0 aliphatic heterocycles. The molecule has 0 saturated heterocycles. The van der Waals surface area contributed by atoms with Crippen LogP contribution >= 0.6 is 0 Å². The Bertz CT molecular complexity index is 467. The van der Waals surface area contributed by atoms with E-state index in [1.807, 2.05) is 19.9 Å². The third kappa shape index (κ3) is 4.68. The highest BCUT2D eigenvalue weighted by atomic mass is 28.3. The maximum Gasteiger partial charge on any atom is 0.0922 e. The maximum absolute atomic E-state index is 10.7. The average molecular weight is 337 g/mol. The van der Waals surface area contributed by atoms with Crippen molar-refractivity contribution in [3.8, 4) is 0 Å². The van der Waals surface area contributed by atoms with Crippen molar-refractivity contribution in [3.63, 3.8) is 0 Å². The van der Waals surface area contributed by atoms with Crippen molar-refractivity contribution in [2.24, 2.45) is 0 Å². The van der Waals surface area contributed by atoms with Crippen molar-refractivity contribution in [1.82, 2.24) is 0 Å². The lowest BCUT2D eigenvalue weighted by molar-refractivity contribution is 0.0796. The third-order valence-electron chi connectivity index (χ3n) is 5.40. The number of rotatable bonds is 9. The summed E-state index contributed by atoms with van der Waals surface area (Å²) in [6.07, 6.45) is 3.16. The molecule has 3 heteroatoms. The van der Waals surface area contributed by atoms with Crippen LogP contribution in [-0.2, 0) is 5.60 Å². The molecule has 1 aromatic rings. The van der Waals surface area contributed by atoms with Crippen LogP contribution in [0.15, 0.2) is 24.3 Å². The first-order valence-electron chi connectivity index (χ1n) is 9.11. The lowest BCUT2D eigenvalue weighted by Crippen LogP contribution is -2.55. The number of benzene rings is 1. The van der Waals surface area contributed by atoms with E-state index >= 15 is 0 Å². The van der Waals surface area contributed by atoms with Gasteiger partial charge in [0.1, 0.15) is 0 Å². The van der Waals surface area contributed by atoms with E-state index in [0.717, 1.165) is 18.4 Å². The second kappa shape index (κ2) is 8.45. The summed E-state index contributed by atoms with van der Waals surface area (Å²) in [5.74, 6) is 0. The fourth-order valence-electron chi connectivity index (χ4n) is 4.13. The van der Waals surface area contributed by atoms with E-state index < -0.39 is 13.7 Å². The quantitative estimate of drug-likeness (QED) is 0.513. The van der Waals surface area contributed by atoms with E-state index in [0.29, 0.717) is 11.1 Å². The normalized spacial score (nSPS) is 13.1. The highest BCUT2D eigenvalue weighted by Crippen LogP contribution is 2.39. The number of aliphatic hydroxyl groups excluding tert-OH is 1. The zero-order valence-corrected chi connectivity index (χ0v) is 16.9. The van der Waals surface area contributed by atoms with Crippen molar-refractivity contribution < 1.29 is 10.2 Å². The Balaban J connectivity index is 3.35. The predicted octanol–water partition coefficient (Wildman–Crippen LogP) is 4.55. The van der Waals surface area contributed by atoms with Crippen LogP contribution < -0.4 is 5.19 Å². The molecule has 0 bridgehead atoms. The van der Waals surface area contributed by atoms with E-state index in [4.69, 9.17) is 5.11 Å². The monoisotopic (exact) mass is 336 g/mol. The van der Waals surface area contributed by atoms with Gasteiger partial charge in [-0.3, -0.25) is 0 Å². The van der Waals surface area contributed by atoms with Gasteiger partial charge in [0.25, 0.3) is 0 Å². The Kier molecular flexibility index (Phi) is 7.50. The predicted molar refractivity (Wildman–Crippen MR) is 103 cm³/mol. The molecule has 0 amide bonds. The summed E-state index contributed by atoms with van der Waals surface area (Å²) in [6, 6.07) is 9.78. The van der Waals surface area contributed by atoms with Crippen LogP contribution in [0.2, 0.25) is 17.1 Å². The van der Waals surface area contributed by atoms with Crippen LogP contribution in [0, 0.1) is 0 Å². The zero-order valence-electron chi connectivity index (χ0n) is 15.9. The molecule has 0 aliphatic carbocycles. The molecule has 23 heavy (non-hydrogen) atoms. The van der Waals surface area contributed by atoms with Gasteiger partial charge in [-0.25, -0.2) is 0 Å². The number of aliphatic hydroxyl groups is 2. The summed E-state index contributed by atoms with van der Waals surface area (Å²) in [5.41, 5.74) is 1.56. The van der Waals surface area contributed by atoms with E-state index in [9.17, 15) is 5.11 Å². The Morgan fingerprint density at radius 1 is 0.957 bits per heavy atom. The molecule has 1 rings (SSSR count). The molecule has 0 aromatic heterocycles. The zero-order chi connectivity index (χ0) is 17.7. The second-order valence-electron chi connectivity index (χ2n) is 7.99. The van der Waals surface area contributed by atoms with Gasteiger partial charge in [-0.2, -0.15) is 0 Å². The van der Waals surface area contributed by atoms with Gasteiger partial charge in [0, 0.05) is 6.61 Å². The Morgan fingerprint density at radius 2 is 1.52 bits per heavy atom. The van der Waals surface area contributed by atoms with Crippen LogP contribution in [0.1, 0.15) is 66.4 Å². The van der Waals surface area contributed by atoms with Gasteiger partial charge in [-0.05, 0) is 36.9 Å². The van der Waals surface area contributed by atoms with Crippen molar-refractivity contribution in [1.29, 1.82) is 0 Å². The van der Waals surface area contributed by atoms with Gasteiger partial charge < -0.3 is 10.2 Å². The fraction of sp³-hybridized carbons (Fsp3) is 0.700. The molecule has 2 N–H and O–H groups in total. The second-order valence-corrected chi connectivity index (χ2v) is 13.4. The van der Waals surface area contributed by atoms with Gasteiger partial charge in [0.2, 0.25) is 0 Å². The lowest BCUT2D eigenvalue weighted by atomic mass is 9.98. The van der Waals surface area contributed by atoms with Crippen LogP contribution in [-0.4, -0.2) is 24.9 Å². The van der Waals surface area contributed by atoms with Gasteiger partial charge in [0.15, 0.2) is 0 Å². The van der Waals surface area contributed by atoms with E-state index in [2.05, 4.69) is 45.9 Å². The van der Waals surface area contributed by atoms with E-state index in [-0.39, 0.29) is 6.61 Å². The first-order chi connectivity index (χ1) is 10.7. The lowest BCUT2D eigenvalue weighted by Gasteiger charge is -2.43. The summed E-state index contributed by atoms with van der Waals surface area (Å²) in [7, 11) is -1.77. The summed E-state index contributed by atoms with van der Waals surface area (Å²) in [5, 5.41) is 21.2. The SMILES string of the molecule is CC(C)[Si](CCCCCO)(c1ccccc1C(C)(C)O)C(C)C. The summed E-state index contributed by atoms with van der Waals surface area (Å²) >= 11 is 0. The maximum atomic E-state index is 10.7.